The first kappa shape index (κ1) is 22.6. The van der Waals surface area contributed by atoms with Crippen molar-refractivity contribution in [2.24, 2.45) is 11.1 Å². The monoisotopic (exact) mass is 510 g/mol. The van der Waals surface area contributed by atoms with Gasteiger partial charge >= 0.3 is 10.1 Å². The molecule has 3 fully saturated rings. The molecule has 5 aliphatic rings. The Morgan fingerprint density at radius 1 is 1.17 bits per heavy atom. The predicted octanol–water partition coefficient (Wildman–Crippen LogP) is 3.16. The summed E-state index contributed by atoms with van der Waals surface area (Å²) in [6, 6.07) is 10.0. The van der Waals surface area contributed by atoms with Gasteiger partial charge < -0.3 is 19.2 Å². The SMILES string of the molecule is Cc1ccc(S(=O)(=O)Oc2ccc3c4c2O[C@H]2/C(=N\O)CC[C@@]5(O)[C@@H](C3)N(CC3CC3)CC[C@]425)cc1. The van der Waals surface area contributed by atoms with E-state index in [1.54, 1.807) is 18.2 Å². The Hall–Kier alpha value is -2.62. The molecule has 4 atom stereocenters. The van der Waals surface area contributed by atoms with Gasteiger partial charge in [-0.25, -0.2) is 0 Å². The number of benzene rings is 2. The van der Waals surface area contributed by atoms with Crippen LogP contribution in [0.25, 0.3) is 0 Å². The van der Waals surface area contributed by atoms with E-state index < -0.39 is 27.2 Å². The van der Waals surface area contributed by atoms with Crippen molar-refractivity contribution in [3.8, 4) is 11.5 Å². The molecular formula is C27H30N2O6S. The third-order valence-electron chi connectivity index (χ3n) is 9.20. The van der Waals surface area contributed by atoms with Crippen LogP contribution >= 0.6 is 0 Å². The van der Waals surface area contributed by atoms with E-state index in [1.807, 2.05) is 13.0 Å². The van der Waals surface area contributed by atoms with Crippen LogP contribution in [0.1, 0.15) is 48.8 Å². The van der Waals surface area contributed by atoms with Gasteiger partial charge in [-0.2, -0.15) is 8.42 Å². The molecule has 2 aromatic carbocycles. The summed E-state index contributed by atoms with van der Waals surface area (Å²) in [6.07, 6.45) is 4.04. The summed E-state index contributed by atoms with van der Waals surface area (Å²) in [7, 11) is -4.10. The summed E-state index contributed by atoms with van der Waals surface area (Å²) in [5.41, 5.74) is 1.45. The van der Waals surface area contributed by atoms with Crippen LogP contribution in [0.5, 0.6) is 11.5 Å². The fourth-order valence-corrected chi connectivity index (χ4v) is 8.24. The van der Waals surface area contributed by atoms with E-state index >= 15 is 0 Å². The molecule has 2 N–H and O–H groups in total. The Labute approximate surface area is 210 Å². The van der Waals surface area contributed by atoms with Crippen LogP contribution in [0, 0.1) is 12.8 Å². The number of ether oxygens (including phenoxy) is 1. The standard InChI is InChI=1S/C27H30N2O6S/c1-16-2-7-19(8-3-16)36(32,33)35-21-9-6-18-14-22-27(30)11-10-20(28-31)25-26(27,23(18)24(21)34-25)12-13-29(22)15-17-4-5-17/h2-3,6-9,17,22,25,30-31H,4-5,10-15H2,1H3/b28-20-/t22-,25+,26+,27-/m1/s1. The maximum Gasteiger partial charge on any atom is 0.339 e. The van der Waals surface area contributed by atoms with Gasteiger partial charge in [0.15, 0.2) is 17.6 Å². The second kappa shape index (κ2) is 7.46. The number of rotatable bonds is 5. The van der Waals surface area contributed by atoms with Crippen LogP contribution in [0.15, 0.2) is 46.4 Å². The topological polar surface area (TPSA) is 109 Å². The van der Waals surface area contributed by atoms with Crippen molar-refractivity contribution in [1.82, 2.24) is 4.90 Å². The highest BCUT2D eigenvalue weighted by Crippen LogP contribution is 2.65. The Bertz CT molecular complexity index is 1390. The van der Waals surface area contributed by atoms with Crippen molar-refractivity contribution >= 4 is 15.8 Å². The third kappa shape index (κ3) is 2.93. The van der Waals surface area contributed by atoms with Crippen molar-refractivity contribution in [2.45, 2.75) is 73.5 Å². The zero-order valence-electron chi connectivity index (χ0n) is 20.2. The normalized spacial score (nSPS) is 33.8. The van der Waals surface area contributed by atoms with Gasteiger partial charge in [-0.05, 0) is 81.7 Å². The zero-order valence-corrected chi connectivity index (χ0v) is 21.0. The largest absolute Gasteiger partial charge is 0.479 e. The summed E-state index contributed by atoms with van der Waals surface area (Å²) < 4.78 is 38.4. The third-order valence-corrected chi connectivity index (χ3v) is 10.4. The number of hydrogen-bond acceptors (Lipinski definition) is 8. The van der Waals surface area contributed by atoms with Crippen LogP contribution < -0.4 is 8.92 Å². The van der Waals surface area contributed by atoms with Crippen molar-refractivity contribution in [3.63, 3.8) is 0 Å². The molecule has 2 aromatic rings. The van der Waals surface area contributed by atoms with Gasteiger partial charge in [0.1, 0.15) is 4.90 Å². The van der Waals surface area contributed by atoms with Crippen molar-refractivity contribution < 1.29 is 27.7 Å². The first-order valence-corrected chi connectivity index (χ1v) is 14.2. The highest BCUT2D eigenvalue weighted by atomic mass is 32.2. The molecule has 2 heterocycles. The minimum absolute atomic E-state index is 0.0558. The highest BCUT2D eigenvalue weighted by Gasteiger charge is 2.72. The lowest BCUT2D eigenvalue weighted by molar-refractivity contribution is -0.167. The molecule has 1 spiro atoms. The molecule has 190 valence electrons. The minimum Gasteiger partial charge on any atom is -0.479 e. The van der Waals surface area contributed by atoms with Gasteiger partial charge in [-0.1, -0.05) is 28.9 Å². The lowest BCUT2D eigenvalue weighted by Gasteiger charge is -2.63. The summed E-state index contributed by atoms with van der Waals surface area (Å²) in [5.74, 6) is 1.16. The molecule has 1 saturated heterocycles. The van der Waals surface area contributed by atoms with Crippen LogP contribution in [0.3, 0.4) is 0 Å². The Balaban J connectivity index is 1.35. The molecule has 2 aliphatic heterocycles. The van der Waals surface area contributed by atoms with Gasteiger partial charge in [0.25, 0.3) is 0 Å². The maximum absolute atomic E-state index is 13.1. The molecular weight excluding hydrogens is 480 g/mol. The Kier molecular flexibility index (Phi) is 4.68. The summed E-state index contributed by atoms with van der Waals surface area (Å²) >= 11 is 0. The number of piperidine rings is 1. The van der Waals surface area contributed by atoms with E-state index in [4.69, 9.17) is 8.92 Å². The zero-order chi connectivity index (χ0) is 24.9. The van der Waals surface area contributed by atoms with Gasteiger partial charge in [0.2, 0.25) is 0 Å². The average Bonchev–Trinajstić information content (AvgIpc) is 3.59. The van der Waals surface area contributed by atoms with E-state index in [-0.39, 0.29) is 16.7 Å². The number of oxime groups is 1. The van der Waals surface area contributed by atoms with E-state index in [9.17, 15) is 18.7 Å². The number of hydrogen-bond donors (Lipinski definition) is 2. The first-order valence-electron chi connectivity index (χ1n) is 12.8. The molecule has 7 rings (SSSR count). The molecule has 9 heteroatoms. The number of aliphatic hydroxyl groups is 1. The molecule has 2 bridgehead atoms. The Morgan fingerprint density at radius 3 is 2.67 bits per heavy atom. The molecule has 0 radical (unpaired) electrons. The first-order chi connectivity index (χ1) is 17.3. The quantitative estimate of drug-likeness (QED) is 0.361. The van der Waals surface area contributed by atoms with Crippen molar-refractivity contribution in [3.05, 3.63) is 53.1 Å². The minimum atomic E-state index is -4.10. The summed E-state index contributed by atoms with van der Waals surface area (Å²) in [6.45, 7) is 3.70. The van der Waals surface area contributed by atoms with Crippen molar-refractivity contribution in [2.75, 3.05) is 13.1 Å². The lowest BCUT2D eigenvalue weighted by atomic mass is 9.49. The van der Waals surface area contributed by atoms with E-state index in [2.05, 4.69) is 10.1 Å². The maximum atomic E-state index is 13.1. The van der Waals surface area contributed by atoms with E-state index in [0.29, 0.717) is 43.1 Å². The average molecular weight is 511 g/mol. The number of nitrogens with zero attached hydrogens (tertiary/aromatic N) is 2. The smallest absolute Gasteiger partial charge is 0.339 e. The van der Waals surface area contributed by atoms with E-state index in [0.717, 1.165) is 29.8 Å². The van der Waals surface area contributed by atoms with Gasteiger partial charge in [-0.3, -0.25) is 4.90 Å². The second-order valence-electron chi connectivity index (χ2n) is 11.2. The molecule has 3 aliphatic carbocycles. The van der Waals surface area contributed by atoms with Crippen LogP contribution in [0.4, 0.5) is 0 Å². The van der Waals surface area contributed by atoms with E-state index in [1.165, 1.54) is 25.0 Å². The summed E-state index contributed by atoms with van der Waals surface area (Å²) in [4.78, 5) is 2.52. The fraction of sp³-hybridized carbons (Fsp3) is 0.519. The fourth-order valence-electron chi connectivity index (χ4n) is 7.31. The molecule has 0 aromatic heterocycles. The van der Waals surface area contributed by atoms with Crippen LogP contribution in [-0.4, -0.2) is 60.2 Å². The predicted molar refractivity (Wildman–Crippen MR) is 131 cm³/mol. The Morgan fingerprint density at radius 2 is 1.94 bits per heavy atom. The number of likely N-dealkylation sites (tertiary alicyclic amines) is 1. The van der Waals surface area contributed by atoms with Crippen LogP contribution in [-0.2, 0) is 22.0 Å². The van der Waals surface area contributed by atoms with Crippen LogP contribution in [0.2, 0.25) is 0 Å². The van der Waals surface area contributed by atoms with Crippen molar-refractivity contribution in [1.29, 1.82) is 0 Å². The molecule has 0 amide bonds. The molecule has 0 unspecified atom stereocenters. The second-order valence-corrected chi connectivity index (χ2v) is 12.7. The van der Waals surface area contributed by atoms with Gasteiger partial charge in [0, 0.05) is 18.2 Å². The molecule has 36 heavy (non-hydrogen) atoms. The molecule has 2 saturated carbocycles. The number of aryl methyl sites for hydroxylation is 1. The summed E-state index contributed by atoms with van der Waals surface area (Å²) in [5, 5.41) is 25.9. The lowest BCUT2D eigenvalue weighted by Crippen LogP contribution is -2.76. The van der Waals surface area contributed by atoms with Gasteiger partial charge in [-0.15, -0.1) is 0 Å². The highest BCUT2D eigenvalue weighted by molar-refractivity contribution is 7.87. The van der Waals surface area contributed by atoms with Gasteiger partial charge in [0.05, 0.1) is 16.7 Å². The molecule has 8 nitrogen and oxygen atoms in total.